The van der Waals surface area contributed by atoms with E-state index in [9.17, 15) is 9.59 Å². The van der Waals surface area contributed by atoms with Crippen molar-refractivity contribution in [3.63, 3.8) is 0 Å². The molecule has 2 aliphatic rings. The molecule has 1 saturated heterocycles. The standard InChI is InChI=1S/C21H30N2O2/c1-3-5-16-12-21(25)23-19-13-17(8-9-18(16)19)22-20(24)11-15-7-4-6-14(2)10-15/h4,6-7,10,16-19H,3,5,8-9,11-13H2,1-2H3,(H,22,24)(H,23,25). The van der Waals surface area contributed by atoms with Crippen LogP contribution >= 0.6 is 0 Å². The zero-order chi connectivity index (χ0) is 17.8. The van der Waals surface area contributed by atoms with Crippen LogP contribution in [-0.2, 0) is 16.0 Å². The Hall–Kier alpha value is -1.84. The maximum Gasteiger partial charge on any atom is 0.224 e. The summed E-state index contributed by atoms with van der Waals surface area (Å²) >= 11 is 0. The molecule has 1 aliphatic heterocycles. The number of benzene rings is 1. The average Bonchev–Trinajstić information content (AvgIpc) is 2.54. The molecule has 1 heterocycles. The Labute approximate surface area is 150 Å². The minimum Gasteiger partial charge on any atom is -0.353 e. The second-order valence-electron chi connectivity index (χ2n) is 7.83. The molecule has 136 valence electrons. The fourth-order valence-electron chi connectivity index (χ4n) is 4.68. The maximum atomic E-state index is 12.4. The first-order valence-electron chi connectivity index (χ1n) is 9.69. The highest BCUT2D eigenvalue weighted by Gasteiger charge is 2.40. The highest BCUT2D eigenvalue weighted by molar-refractivity contribution is 5.79. The predicted molar refractivity (Wildman–Crippen MR) is 99.1 cm³/mol. The van der Waals surface area contributed by atoms with Crippen LogP contribution in [0.4, 0.5) is 0 Å². The molecule has 2 fully saturated rings. The molecular formula is C21H30N2O2. The van der Waals surface area contributed by atoms with Crippen LogP contribution in [0.5, 0.6) is 0 Å². The minimum atomic E-state index is 0.0845. The summed E-state index contributed by atoms with van der Waals surface area (Å²) in [7, 11) is 0. The molecule has 0 radical (unpaired) electrons. The number of amides is 2. The molecule has 1 aromatic carbocycles. The average molecular weight is 342 g/mol. The van der Waals surface area contributed by atoms with Crippen molar-refractivity contribution in [1.29, 1.82) is 0 Å². The Balaban J connectivity index is 1.55. The summed E-state index contributed by atoms with van der Waals surface area (Å²) in [6.45, 7) is 4.24. The van der Waals surface area contributed by atoms with E-state index >= 15 is 0 Å². The highest BCUT2D eigenvalue weighted by Crippen LogP contribution is 2.37. The van der Waals surface area contributed by atoms with E-state index in [0.29, 0.717) is 24.7 Å². The number of aryl methyl sites for hydroxylation is 1. The molecule has 2 N–H and O–H groups in total. The molecule has 3 rings (SSSR count). The smallest absolute Gasteiger partial charge is 0.224 e. The van der Waals surface area contributed by atoms with Crippen molar-refractivity contribution < 1.29 is 9.59 Å². The van der Waals surface area contributed by atoms with Crippen molar-refractivity contribution >= 4 is 11.8 Å². The van der Waals surface area contributed by atoms with Gasteiger partial charge < -0.3 is 10.6 Å². The number of nitrogens with one attached hydrogen (secondary N) is 2. The molecule has 4 nitrogen and oxygen atoms in total. The second-order valence-corrected chi connectivity index (χ2v) is 7.83. The van der Waals surface area contributed by atoms with E-state index < -0.39 is 0 Å². The largest absolute Gasteiger partial charge is 0.353 e. The Kier molecular flexibility index (Phi) is 5.77. The van der Waals surface area contributed by atoms with E-state index in [1.807, 2.05) is 25.1 Å². The first kappa shape index (κ1) is 18.0. The molecule has 1 aliphatic carbocycles. The van der Waals surface area contributed by atoms with Crippen LogP contribution in [0.25, 0.3) is 0 Å². The van der Waals surface area contributed by atoms with Crippen molar-refractivity contribution in [2.45, 2.75) is 70.9 Å². The lowest BCUT2D eigenvalue weighted by atomic mass is 9.70. The van der Waals surface area contributed by atoms with E-state index in [4.69, 9.17) is 0 Å². The van der Waals surface area contributed by atoms with Gasteiger partial charge in [-0.05, 0) is 50.0 Å². The SMILES string of the molecule is CCCC1CC(=O)NC2CC(NC(=O)Cc3cccc(C)c3)CCC12. The van der Waals surface area contributed by atoms with Gasteiger partial charge in [0.05, 0.1) is 6.42 Å². The fourth-order valence-corrected chi connectivity index (χ4v) is 4.68. The van der Waals surface area contributed by atoms with Gasteiger partial charge >= 0.3 is 0 Å². The Morgan fingerprint density at radius 3 is 2.92 bits per heavy atom. The van der Waals surface area contributed by atoms with Gasteiger partial charge in [0.25, 0.3) is 0 Å². The molecule has 0 aromatic heterocycles. The number of fused-ring (bicyclic) bond motifs is 1. The molecular weight excluding hydrogens is 312 g/mol. The first-order valence-corrected chi connectivity index (χ1v) is 9.69. The second kappa shape index (κ2) is 8.03. The van der Waals surface area contributed by atoms with Crippen LogP contribution in [0.3, 0.4) is 0 Å². The van der Waals surface area contributed by atoms with Gasteiger partial charge in [-0.25, -0.2) is 0 Å². The Morgan fingerprint density at radius 1 is 1.32 bits per heavy atom. The number of hydrogen-bond donors (Lipinski definition) is 2. The lowest BCUT2D eigenvalue weighted by Crippen LogP contribution is -2.55. The number of hydrogen-bond acceptors (Lipinski definition) is 2. The van der Waals surface area contributed by atoms with Crippen molar-refractivity contribution in [2.24, 2.45) is 11.8 Å². The van der Waals surface area contributed by atoms with Gasteiger partial charge in [0, 0.05) is 18.5 Å². The summed E-state index contributed by atoms with van der Waals surface area (Å²) in [6, 6.07) is 8.51. The summed E-state index contributed by atoms with van der Waals surface area (Å²) in [4.78, 5) is 24.4. The van der Waals surface area contributed by atoms with Gasteiger partial charge in [0.15, 0.2) is 0 Å². The van der Waals surface area contributed by atoms with E-state index in [2.05, 4.69) is 23.6 Å². The van der Waals surface area contributed by atoms with E-state index in [1.165, 1.54) is 5.56 Å². The number of rotatable bonds is 5. The zero-order valence-corrected chi connectivity index (χ0v) is 15.4. The van der Waals surface area contributed by atoms with Gasteiger partial charge in [-0.2, -0.15) is 0 Å². The molecule has 2 amide bonds. The van der Waals surface area contributed by atoms with E-state index in [1.54, 1.807) is 0 Å². The van der Waals surface area contributed by atoms with Crippen molar-refractivity contribution in [2.75, 3.05) is 0 Å². The number of carbonyl (C=O) groups is 2. The van der Waals surface area contributed by atoms with Crippen LogP contribution in [0.15, 0.2) is 24.3 Å². The lowest BCUT2D eigenvalue weighted by Gasteiger charge is -2.44. The molecule has 4 heteroatoms. The maximum absolute atomic E-state index is 12.4. The molecule has 1 saturated carbocycles. The molecule has 1 aromatic rings. The summed E-state index contributed by atoms with van der Waals surface area (Å²) < 4.78 is 0. The number of piperidine rings is 1. The van der Waals surface area contributed by atoms with E-state index in [-0.39, 0.29) is 23.9 Å². The summed E-state index contributed by atoms with van der Waals surface area (Å²) in [5.74, 6) is 1.38. The molecule has 0 bridgehead atoms. The van der Waals surface area contributed by atoms with Crippen LogP contribution in [-0.4, -0.2) is 23.9 Å². The molecule has 4 atom stereocenters. The predicted octanol–water partition coefficient (Wildman–Crippen LogP) is 3.13. The van der Waals surface area contributed by atoms with Crippen molar-refractivity contribution in [3.05, 3.63) is 35.4 Å². The third kappa shape index (κ3) is 4.62. The van der Waals surface area contributed by atoms with Gasteiger partial charge in [-0.1, -0.05) is 43.2 Å². The topological polar surface area (TPSA) is 58.2 Å². The minimum absolute atomic E-state index is 0.0845. The van der Waals surface area contributed by atoms with Gasteiger partial charge in [0.1, 0.15) is 0 Å². The normalized spacial score (nSPS) is 28.8. The van der Waals surface area contributed by atoms with Crippen LogP contribution < -0.4 is 10.6 Å². The highest BCUT2D eigenvalue weighted by atomic mass is 16.2. The van der Waals surface area contributed by atoms with Crippen LogP contribution in [0.1, 0.15) is 56.6 Å². The number of carbonyl (C=O) groups excluding carboxylic acids is 2. The third-order valence-electron chi connectivity index (χ3n) is 5.77. The van der Waals surface area contributed by atoms with Crippen molar-refractivity contribution in [3.8, 4) is 0 Å². The zero-order valence-electron chi connectivity index (χ0n) is 15.4. The molecule has 0 spiro atoms. The summed E-state index contributed by atoms with van der Waals surface area (Å²) in [5, 5.41) is 6.37. The van der Waals surface area contributed by atoms with Gasteiger partial charge in [-0.3, -0.25) is 9.59 Å². The van der Waals surface area contributed by atoms with Gasteiger partial charge in [-0.15, -0.1) is 0 Å². The van der Waals surface area contributed by atoms with Gasteiger partial charge in [0.2, 0.25) is 11.8 Å². The third-order valence-corrected chi connectivity index (χ3v) is 5.77. The quantitative estimate of drug-likeness (QED) is 0.864. The van der Waals surface area contributed by atoms with Crippen molar-refractivity contribution in [1.82, 2.24) is 10.6 Å². The van der Waals surface area contributed by atoms with Crippen LogP contribution in [0.2, 0.25) is 0 Å². The monoisotopic (exact) mass is 342 g/mol. The summed E-state index contributed by atoms with van der Waals surface area (Å²) in [6.07, 6.45) is 6.38. The van der Waals surface area contributed by atoms with E-state index in [0.717, 1.165) is 37.7 Å². The lowest BCUT2D eigenvalue weighted by molar-refractivity contribution is -0.127. The fraction of sp³-hybridized carbons (Fsp3) is 0.619. The Bertz CT molecular complexity index is 628. The molecule has 4 unspecified atom stereocenters. The molecule has 25 heavy (non-hydrogen) atoms. The van der Waals surface area contributed by atoms with Crippen LogP contribution in [0, 0.1) is 18.8 Å². The Morgan fingerprint density at radius 2 is 2.16 bits per heavy atom. The summed E-state index contributed by atoms with van der Waals surface area (Å²) in [5.41, 5.74) is 2.23. The first-order chi connectivity index (χ1) is 12.0.